The van der Waals surface area contributed by atoms with Crippen molar-refractivity contribution in [3.63, 3.8) is 0 Å². The third kappa shape index (κ3) is 3.42. The lowest BCUT2D eigenvalue weighted by molar-refractivity contribution is 0.105. The minimum absolute atomic E-state index is 0.0996. The summed E-state index contributed by atoms with van der Waals surface area (Å²) < 4.78 is 28.2. The molecule has 0 aliphatic heterocycles. The number of ketones is 1. The van der Waals surface area contributed by atoms with Crippen LogP contribution in [0.2, 0.25) is 0 Å². The molecule has 3 aromatic carbocycles. The standard InChI is InChI=1S/C22H13F2NO2S/c23-15-10-14(11-16(24)12-15)21(27)19(20(26)13-6-2-1-3-7-13)22-25-17-8-4-5-9-18(17)28-22/h1-12,27H. The summed E-state index contributed by atoms with van der Waals surface area (Å²) in [4.78, 5) is 17.6. The topological polar surface area (TPSA) is 50.2 Å². The molecule has 0 radical (unpaired) electrons. The van der Waals surface area contributed by atoms with Crippen molar-refractivity contribution in [2.24, 2.45) is 0 Å². The molecule has 28 heavy (non-hydrogen) atoms. The van der Waals surface area contributed by atoms with Gasteiger partial charge in [0.15, 0.2) is 5.78 Å². The van der Waals surface area contributed by atoms with Crippen LogP contribution in [0.25, 0.3) is 21.5 Å². The molecule has 3 nitrogen and oxygen atoms in total. The van der Waals surface area contributed by atoms with Crippen molar-refractivity contribution < 1.29 is 18.7 Å². The van der Waals surface area contributed by atoms with Crippen molar-refractivity contribution in [2.75, 3.05) is 0 Å². The molecule has 0 aliphatic rings. The maximum Gasteiger partial charge on any atom is 0.199 e. The molecule has 0 amide bonds. The minimum Gasteiger partial charge on any atom is -0.506 e. The minimum atomic E-state index is -0.850. The van der Waals surface area contributed by atoms with E-state index < -0.39 is 23.2 Å². The molecule has 0 atom stereocenters. The number of halogens is 2. The van der Waals surface area contributed by atoms with Gasteiger partial charge in [0.25, 0.3) is 0 Å². The number of thiazole rings is 1. The van der Waals surface area contributed by atoms with Crippen LogP contribution in [0.15, 0.2) is 72.8 Å². The SMILES string of the molecule is O=C(C(=C(O)c1cc(F)cc(F)c1)c1nc2ccccc2s1)c1ccccc1. The Morgan fingerprint density at radius 2 is 1.50 bits per heavy atom. The molecule has 138 valence electrons. The quantitative estimate of drug-likeness (QED) is 0.267. The van der Waals surface area contributed by atoms with Crippen molar-refractivity contribution >= 4 is 38.7 Å². The van der Waals surface area contributed by atoms with E-state index in [0.29, 0.717) is 17.1 Å². The number of carbonyl (C=O) groups excluding carboxylic acids is 1. The molecule has 4 aromatic rings. The van der Waals surface area contributed by atoms with Gasteiger partial charge in [-0.2, -0.15) is 0 Å². The Kier molecular flexibility index (Phi) is 4.71. The summed E-state index contributed by atoms with van der Waals surface area (Å²) in [5.41, 5.74) is 0.771. The second-order valence-corrected chi connectivity index (χ2v) is 7.09. The molecule has 0 aliphatic carbocycles. The largest absolute Gasteiger partial charge is 0.506 e. The molecule has 0 fully saturated rings. The number of carbonyl (C=O) groups is 1. The van der Waals surface area contributed by atoms with Crippen LogP contribution in [0.5, 0.6) is 0 Å². The summed E-state index contributed by atoms with van der Waals surface area (Å²) in [7, 11) is 0. The molecule has 0 saturated carbocycles. The van der Waals surface area contributed by atoms with Gasteiger partial charge in [-0.1, -0.05) is 42.5 Å². The normalized spacial score (nSPS) is 12.1. The zero-order chi connectivity index (χ0) is 19.7. The molecule has 0 spiro atoms. The number of rotatable bonds is 4. The summed E-state index contributed by atoms with van der Waals surface area (Å²) in [6.07, 6.45) is 0. The number of nitrogens with zero attached hydrogens (tertiary/aromatic N) is 1. The summed E-state index contributed by atoms with van der Waals surface area (Å²) in [6.45, 7) is 0. The van der Waals surface area contributed by atoms with Gasteiger partial charge in [0.2, 0.25) is 0 Å². The van der Waals surface area contributed by atoms with Crippen LogP contribution in [-0.2, 0) is 0 Å². The Morgan fingerprint density at radius 3 is 2.18 bits per heavy atom. The lowest BCUT2D eigenvalue weighted by Gasteiger charge is -2.09. The van der Waals surface area contributed by atoms with Gasteiger partial charge < -0.3 is 5.11 Å². The number of aliphatic hydroxyl groups excluding tert-OH is 1. The summed E-state index contributed by atoms with van der Waals surface area (Å²) >= 11 is 1.22. The number of hydrogen-bond acceptors (Lipinski definition) is 4. The van der Waals surface area contributed by atoms with Gasteiger partial charge in [-0.3, -0.25) is 4.79 Å². The molecule has 0 bridgehead atoms. The van der Waals surface area contributed by atoms with Crippen LogP contribution in [0, 0.1) is 11.6 Å². The zero-order valence-electron chi connectivity index (χ0n) is 14.4. The van der Waals surface area contributed by atoms with Gasteiger partial charge in [0.05, 0.1) is 10.2 Å². The number of fused-ring (bicyclic) bond motifs is 1. The van der Waals surface area contributed by atoms with Gasteiger partial charge in [0, 0.05) is 17.2 Å². The van der Waals surface area contributed by atoms with Crippen LogP contribution < -0.4 is 0 Å². The number of aliphatic hydroxyl groups is 1. The fourth-order valence-corrected chi connectivity index (χ4v) is 3.86. The highest BCUT2D eigenvalue weighted by Crippen LogP contribution is 2.33. The Balaban J connectivity index is 1.96. The van der Waals surface area contributed by atoms with Gasteiger partial charge in [-0.05, 0) is 24.3 Å². The Labute approximate surface area is 163 Å². The monoisotopic (exact) mass is 393 g/mol. The van der Waals surface area contributed by atoms with Gasteiger partial charge in [0.1, 0.15) is 28.0 Å². The molecule has 1 N–H and O–H groups in total. The van der Waals surface area contributed by atoms with E-state index >= 15 is 0 Å². The van der Waals surface area contributed by atoms with Crippen molar-refractivity contribution in [3.8, 4) is 0 Å². The highest BCUT2D eigenvalue weighted by molar-refractivity contribution is 7.20. The fraction of sp³-hybridized carbons (Fsp3) is 0. The lowest BCUT2D eigenvalue weighted by Crippen LogP contribution is -2.06. The van der Waals surface area contributed by atoms with E-state index in [1.807, 2.05) is 18.2 Å². The predicted molar refractivity (Wildman–Crippen MR) is 106 cm³/mol. The van der Waals surface area contributed by atoms with Crippen molar-refractivity contribution in [3.05, 3.63) is 101 Å². The first-order valence-corrected chi connectivity index (χ1v) is 9.20. The maximum absolute atomic E-state index is 13.7. The Hall–Kier alpha value is -3.38. The molecule has 0 unspecified atom stereocenters. The van der Waals surface area contributed by atoms with Gasteiger partial charge in [-0.25, -0.2) is 13.8 Å². The fourth-order valence-electron chi connectivity index (χ4n) is 2.85. The van der Waals surface area contributed by atoms with Crippen molar-refractivity contribution in [1.82, 2.24) is 4.98 Å². The molecule has 1 aromatic heterocycles. The average molecular weight is 393 g/mol. The third-order valence-corrected chi connectivity index (χ3v) is 5.20. The van der Waals surface area contributed by atoms with Crippen LogP contribution in [-0.4, -0.2) is 15.9 Å². The van der Waals surface area contributed by atoms with E-state index in [0.717, 1.165) is 16.8 Å². The van der Waals surface area contributed by atoms with Crippen LogP contribution in [0.3, 0.4) is 0 Å². The molecule has 6 heteroatoms. The van der Waals surface area contributed by atoms with Crippen LogP contribution >= 0.6 is 11.3 Å². The number of aromatic nitrogens is 1. The second-order valence-electron chi connectivity index (χ2n) is 6.06. The van der Waals surface area contributed by atoms with Crippen LogP contribution in [0.1, 0.15) is 20.9 Å². The first-order valence-electron chi connectivity index (χ1n) is 8.38. The molecular weight excluding hydrogens is 380 g/mol. The molecule has 4 rings (SSSR count). The first-order chi connectivity index (χ1) is 13.5. The van der Waals surface area contributed by atoms with Gasteiger partial charge in [-0.15, -0.1) is 11.3 Å². The number of allylic oxidation sites excluding steroid dienone is 1. The number of hydrogen-bond donors (Lipinski definition) is 1. The van der Waals surface area contributed by atoms with Crippen molar-refractivity contribution in [2.45, 2.75) is 0 Å². The molecule has 0 saturated heterocycles. The zero-order valence-corrected chi connectivity index (χ0v) is 15.2. The predicted octanol–water partition coefficient (Wildman–Crippen LogP) is 5.88. The lowest BCUT2D eigenvalue weighted by atomic mass is 9.99. The summed E-state index contributed by atoms with van der Waals surface area (Å²) in [6, 6.07) is 18.3. The summed E-state index contributed by atoms with van der Waals surface area (Å²) in [5, 5.41) is 11.1. The Morgan fingerprint density at radius 1 is 0.857 bits per heavy atom. The van der Waals surface area contributed by atoms with Gasteiger partial charge >= 0.3 is 0 Å². The highest BCUT2D eigenvalue weighted by Gasteiger charge is 2.24. The molecule has 1 heterocycles. The Bertz CT molecular complexity index is 1160. The van der Waals surface area contributed by atoms with Crippen LogP contribution in [0.4, 0.5) is 8.78 Å². The van der Waals surface area contributed by atoms with E-state index in [-0.39, 0.29) is 16.1 Å². The van der Waals surface area contributed by atoms with E-state index in [1.165, 1.54) is 11.3 Å². The number of Topliss-reactive ketones (excluding diaryl/α,β-unsaturated/α-hetero) is 1. The number of benzene rings is 3. The van der Waals surface area contributed by atoms with Crippen molar-refractivity contribution in [1.29, 1.82) is 0 Å². The van der Waals surface area contributed by atoms with E-state index in [1.54, 1.807) is 36.4 Å². The third-order valence-electron chi connectivity index (χ3n) is 4.14. The summed E-state index contributed by atoms with van der Waals surface area (Å²) in [5.74, 6) is -2.71. The average Bonchev–Trinajstić information content (AvgIpc) is 3.11. The maximum atomic E-state index is 13.7. The first kappa shape index (κ1) is 18.0. The smallest absolute Gasteiger partial charge is 0.199 e. The molecular formula is C22H13F2NO2S. The van der Waals surface area contributed by atoms with E-state index in [2.05, 4.69) is 4.98 Å². The van der Waals surface area contributed by atoms with E-state index in [9.17, 15) is 18.7 Å². The second kappa shape index (κ2) is 7.32. The van der Waals surface area contributed by atoms with E-state index in [4.69, 9.17) is 0 Å². The highest BCUT2D eigenvalue weighted by atomic mass is 32.1. The number of para-hydroxylation sites is 1.